The first-order chi connectivity index (χ1) is 8.28. The summed E-state index contributed by atoms with van der Waals surface area (Å²) in [6.07, 6.45) is 4.87. The molecule has 2 aromatic carbocycles. The van der Waals surface area contributed by atoms with Gasteiger partial charge in [0.25, 0.3) is 0 Å². The fraction of sp³-hybridized carbons (Fsp3) is 0. The van der Waals surface area contributed by atoms with Crippen LogP contribution in [0.1, 0.15) is 21.5 Å². The lowest BCUT2D eigenvalue weighted by Crippen LogP contribution is -1.82. The lowest BCUT2D eigenvalue weighted by molar-refractivity contribution is 0.112. The predicted molar refractivity (Wildman–Crippen MR) is 74.9 cm³/mol. The average Bonchev–Trinajstić information content (AvgIpc) is 2.37. The van der Waals surface area contributed by atoms with Crippen molar-refractivity contribution in [2.24, 2.45) is 0 Å². The minimum absolute atomic E-state index is 0.673. The van der Waals surface area contributed by atoms with Crippen molar-refractivity contribution >= 4 is 34.4 Å². The normalized spacial score (nSPS) is 10.6. The zero-order valence-corrected chi connectivity index (χ0v) is 10.7. The van der Waals surface area contributed by atoms with Crippen LogP contribution in [0.5, 0.6) is 0 Å². The smallest absolute Gasteiger partial charge is 0.150 e. The van der Waals surface area contributed by atoms with Gasteiger partial charge in [-0.25, -0.2) is 0 Å². The lowest BCUT2D eigenvalue weighted by Gasteiger charge is -1.98. The molecule has 0 aliphatic heterocycles. The van der Waals surface area contributed by atoms with Crippen molar-refractivity contribution < 1.29 is 4.79 Å². The van der Waals surface area contributed by atoms with Gasteiger partial charge in [-0.2, -0.15) is 0 Å². The number of benzene rings is 2. The SMILES string of the molecule is O=Cc1cc(Br)cc(/C=C/c2ccccc2)c1. The Morgan fingerprint density at radius 2 is 1.47 bits per heavy atom. The standard InChI is InChI=1S/C15H11BrO/c16-15-9-13(8-14(10-15)11-17)7-6-12-4-2-1-3-5-12/h1-11H/b7-6+. The quantitative estimate of drug-likeness (QED) is 0.603. The zero-order chi connectivity index (χ0) is 12.1. The minimum atomic E-state index is 0.673. The third-order valence-corrected chi connectivity index (χ3v) is 2.80. The Hall–Kier alpha value is -1.67. The van der Waals surface area contributed by atoms with Crippen LogP contribution in [0.4, 0.5) is 0 Å². The van der Waals surface area contributed by atoms with E-state index in [9.17, 15) is 4.79 Å². The first-order valence-corrected chi connectivity index (χ1v) is 6.06. The molecule has 0 aliphatic rings. The van der Waals surface area contributed by atoms with Crippen molar-refractivity contribution in [3.8, 4) is 0 Å². The zero-order valence-electron chi connectivity index (χ0n) is 9.14. The van der Waals surface area contributed by atoms with Gasteiger partial charge in [-0.05, 0) is 29.3 Å². The number of carbonyl (C=O) groups excluding carboxylic acids is 1. The molecule has 2 aromatic rings. The summed E-state index contributed by atoms with van der Waals surface area (Å²) in [5.74, 6) is 0. The van der Waals surface area contributed by atoms with Gasteiger partial charge >= 0.3 is 0 Å². The maximum Gasteiger partial charge on any atom is 0.150 e. The summed E-state index contributed by atoms with van der Waals surface area (Å²) in [4.78, 5) is 10.7. The molecule has 0 unspecified atom stereocenters. The first-order valence-electron chi connectivity index (χ1n) is 5.27. The molecule has 1 nitrogen and oxygen atoms in total. The Bertz CT molecular complexity index is 544. The summed E-state index contributed by atoms with van der Waals surface area (Å²) in [7, 11) is 0. The lowest BCUT2D eigenvalue weighted by atomic mass is 10.1. The molecule has 2 rings (SSSR count). The Morgan fingerprint density at radius 1 is 0.824 bits per heavy atom. The van der Waals surface area contributed by atoms with Gasteiger partial charge in [-0.1, -0.05) is 58.4 Å². The molecule has 0 radical (unpaired) electrons. The van der Waals surface area contributed by atoms with Crippen LogP contribution in [0.15, 0.2) is 53.0 Å². The molecule has 0 saturated heterocycles. The second-order valence-electron chi connectivity index (χ2n) is 3.68. The van der Waals surface area contributed by atoms with E-state index in [1.54, 1.807) is 6.07 Å². The maximum atomic E-state index is 10.7. The second kappa shape index (κ2) is 5.60. The highest BCUT2D eigenvalue weighted by molar-refractivity contribution is 9.10. The van der Waals surface area contributed by atoms with Crippen LogP contribution in [0.25, 0.3) is 12.2 Å². The monoisotopic (exact) mass is 286 g/mol. The van der Waals surface area contributed by atoms with Crippen molar-refractivity contribution in [1.82, 2.24) is 0 Å². The van der Waals surface area contributed by atoms with Crippen molar-refractivity contribution in [3.05, 3.63) is 69.7 Å². The van der Waals surface area contributed by atoms with E-state index in [-0.39, 0.29) is 0 Å². The van der Waals surface area contributed by atoms with Gasteiger partial charge in [0, 0.05) is 10.0 Å². The van der Waals surface area contributed by atoms with E-state index in [0.717, 1.165) is 21.9 Å². The van der Waals surface area contributed by atoms with Gasteiger partial charge in [0.15, 0.2) is 0 Å². The molecular weight excluding hydrogens is 276 g/mol. The van der Waals surface area contributed by atoms with Crippen LogP contribution >= 0.6 is 15.9 Å². The second-order valence-corrected chi connectivity index (χ2v) is 4.60. The highest BCUT2D eigenvalue weighted by Gasteiger charge is 1.95. The number of aldehydes is 1. The molecule has 0 atom stereocenters. The maximum absolute atomic E-state index is 10.7. The molecular formula is C15H11BrO. The summed E-state index contributed by atoms with van der Waals surface area (Å²) in [5.41, 5.74) is 2.82. The first kappa shape index (κ1) is 11.8. The molecule has 84 valence electrons. The molecule has 0 bridgehead atoms. The highest BCUT2D eigenvalue weighted by atomic mass is 79.9. The molecule has 0 aliphatic carbocycles. The Morgan fingerprint density at radius 3 is 2.18 bits per heavy atom. The van der Waals surface area contributed by atoms with Gasteiger partial charge in [0.1, 0.15) is 6.29 Å². The van der Waals surface area contributed by atoms with Gasteiger partial charge in [-0.15, -0.1) is 0 Å². The number of hydrogen-bond acceptors (Lipinski definition) is 1. The van der Waals surface area contributed by atoms with Gasteiger partial charge < -0.3 is 0 Å². The van der Waals surface area contributed by atoms with E-state index in [0.29, 0.717) is 5.56 Å². The fourth-order valence-corrected chi connectivity index (χ4v) is 2.09. The molecule has 0 heterocycles. The molecule has 0 spiro atoms. The van der Waals surface area contributed by atoms with Crippen molar-refractivity contribution in [2.75, 3.05) is 0 Å². The van der Waals surface area contributed by atoms with E-state index in [1.165, 1.54) is 0 Å². The van der Waals surface area contributed by atoms with E-state index < -0.39 is 0 Å². The van der Waals surface area contributed by atoms with E-state index in [1.807, 2.05) is 54.6 Å². The molecule has 2 heteroatoms. The summed E-state index contributed by atoms with van der Waals surface area (Å²) < 4.78 is 0.912. The van der Waals surface area contributed by atoms with Crippen LogP contribution in [-0.2, 0) is 0 Å². The molecule has 0 aromatic heterocycles. The topological polar surface area (TPSA) is 17.1 Å². The molecule has 0 saturated carbocycles. The average molecular weight is 287 g/mol. The van der Waals surface area contributed by atoms with Crippen LogP contribution in [0, 0.1) is 0 Å². The van der Waals surface area contributed by atoms with E-state index in [2.05, 4.69) is 15.9 Å². The van der Waals surface area contributed by atoms with E-state index in [4.69, 9.17) is 0 Å². The van der Waals surface area contributed by atoms with Crippen molar-refractivity contribution in [2.45, 2.75) is 0 Å². The third-order valence-electron chi connectivity index (χ3n) is 2.35. The number of hydrogen-bond donors (Lipinski definition) is 0. The summed E-state index contributed by atoms with van der Waals surface area (Å²) in [6.45, 7) is 0. The summed E-state index contributed by atoms with van der Waals surface area (Å²) in [6, 6.07) is 15.7. The number of rotatable bonds is 3. The van der Waals surface area contributed by atoms with Crippen molar-refractivity contribution in [1.29, 1.82) is 0 Å². The number of carbonyl (C=O) groups is 1. The summed E-state index contributed by atoms with van der Waals surface area (Å²) >= 11 is 3.39. The Kier molecular flexibility index (Phi) is 3.89. The van der Waals surface area contributed by atoms with Crippen LogP contribution < -0.4 is 0 Å². The molecule has 0 amide bonds. The molecule has 0 fully saturated rings. The predicted octanol–water partition coefficient (Wildman–Crippen LogP) is 4.43. The molecule has 0 N–H and O–H groups in total. The van der Waals surface area contributed by atoms with Crippen LogP contribution in [0.3, 0.4) is 0 Å². The number of halogens is 1. The largest absolute Gasteiger partial charge is 0.298 e. The third kappa shape index (κ3) is 3.40. The van der Waals surface area contributed by atoms with E-state index >= 15 is 0 Å². The Balaban J connectivity index is 2.27. The fourth-order valence-electron chi connectivity index (χ4n) is 1.56. The summed E-state index contributed by atoms with van der Waals surface area (Å²) in [5, 5.41) is 0. The van der Waals surface area contributed by atoms with Gasteiger partial charge in [-0.3, -0.25) is 4.79 Å². The van der Waals surface area contributed by atoms with Crippen LogP contribution in [-0.4, -0.2) is 6.29 Å². The Labute approximate surface area is 109 Å². The highest BCUT2D eigenvalue weighted by Crippen LogP contribution is 2.17. The van der Waals surface area contributed by atoms with Crippen molar-refractivity contribution in [3.63, 3.8) is 0 Å². The molecule has 17 heavy (non-hydrogen) atoms. The minimum Gasteiger partial charge on any atom is -0.298 e. The van der Waals surface area contributed by atoms with Gasteiger partial charge in [0.05, 0.1) is 0 Å². The van der Waals surface area contributed by atoms with Gasteiger partial charge in [0.2, 0.25) is 0 Å². The van der Waals surface area contributed by atoms with Crippen LogP contribution in [0.2, 0.25) is 0 Å².